The highest BCUT2D eigenvalue weighted by Gasteiger charge is 1.94. The molecular formula is C14H28O. The molecule has 1 heteroatoms. The number of unbranched alkanes of at least 4 members (excludes halogenated alkanes) is 8. The zero-order valence-electron chi connectivity index (χ0n) is 10.6. The summed E-state index contributed by atoms with van der Waals surface area (Å²) in [6, 6.07) is 0. The Bertz CT molecular complexity index is 129. The van der Waals surface area contributed by atoms with E-state index in [2.05, 4.69) is 13.8 Å². The van der Waals surface area contributed by atoms with Gasteiger partial charge in [-0.1, -0.05) is 65.2 Å². The van der Waals surface area contributed by atoms with Crippen LogP contribution in [-0.4, -0.2) is 6.29 Å². The standard InChI is InChI=1S/C14H28O/c1-14(2)12-10-8-6-4-3-5-7-9-11-13-15/h13-14H,3-12H2,1-2H3. The highest BCUT2D eigenvalue weighted by molar-refractivity contribution is 5.48. The third kappa shape index (κ3) is 13.7. The van der Waals surface area contributed by atoms with Crippen LogP contribution in [0.1, 0.15) is 78.1 Å². The summed E-state index contributed by atoms with van der Waals surface area (Å²) < 4.78 is 0. The molecule has 0 aliphatic carbocycles. The van der Waals surface area contributed by atoms with Crippen molar-refractivity contribution in [3.8, 4) is 0 Å². The third-order valence-electron chi connectivity index (χ3n) is 2.85. The first-order valence-electron chi connectivity index (χ1n) is 6.71. The second kappa shape index (κ2) is 11.7. The molecule has 90 valence electrons. The molecule has 0 atom stereocenters. The van der Waals surface area contributed by atoms with Crippen LogP contribution < -0.4 is 0 Å². The summed E-state index contributed by atoms with van der Waals surface area (Å²) in [6.45, 7) is 4.60. The first-order chi connectivity index (χ1) is 7.27. The number of rotatable bonds is 11. The highest BCUT2D eigenvalue weighted by Crippen LogP contribution is 2.12. The van der Waals surface area contributed by atoms with Crippen molar-refractivity contribution in [2.45, 2.75) is 78.1 Å². The lowest BCUT2D eigenvalue weighted by molar-refractivity contribution is -0.107. The maximum atomic E-state index is 10.1. The average Bonchev–Trinajstić information content (AvgIpc) is 2.20. The monoisotopic (exact) mass is 212 g/mol. The van der Waals surface area contributed by atoms with Crippen LogP contribution in [0, 0.1) is 5.92 Å². The fourth-order valence-electron chi connectivity index (χ4n) is 1.84. The van der Waals surface area contributed by atoms with Crippen LogP contribution in [0.5, 0.6) is 0 Å². The van der Waals surface area contributed by atoms with Gasteiger partial charge >= 0.3 is 0 Å². The fourth-order valence-corrected chi connectivity index (χ4v) is 1.84. The predicted octanol–water partition coefficient (Wildman–Crippen LogP) is 4.74. The number of aldehydes is 1. The van der Waals surface area contributed by atoms with Crippen molar-refractivity contribution in [3.05, 3.63) is 0 Å². The smallest absolute Gasteiger partial charge is 0.119 e. The Balaban J connectivity index is 2.89. The van der Waals surface area contributed by atoms with Crippen molar-refractivity contribution < 1.29 is 4.79 Å². The van der Waals surface area contributed by atoms with Crippen LogP contribution in [0.3, 0.4) is 0 Å². The Morgan fingerprint density at radius 3 is 1.73 bits per heavy atom. The second-order valence-electron chi connectivity index (χ2n) is 4.97. The molecule has 15 heavy (non-hydrogen) atoms. The van der Waals surface area contributed by atoms with E-state index in [0.29, 0.717) is 0 Å². The van der Waals surface area contributed by atoms with Crippen LogP contribution in [-0.2, 0) is 4.79 Å². The van der Waals surface area contributed by atoms with Crippen LogP contribution in [0.25, 0.3) is 0 Å². The maximum absolute atomic E-state index is 10.1. The molecule has 0 aliphatic rings. The lowest BCUT2D eigenvalue weighted by Gasteiger charge is -2.04. The van der Waals surface area contributed by atoms with Crippen LogP contribution >= 0.6 is 0 Å². The van der Waals surface area contributed by atoms with Crippen molar-refractivity contribution in [2.75, 3.05) is 0 Å². The Kier molecular flexibility index (Phi) is 11.5. The van der Waals surface area contributed by atoms with Gasteiger partial charge in [0.2, 0.25) is 0 Å². The first kappa shape index (κ1) is 14.7. The summed E-state index contributed by atoms with van der Waals surface area (Å²) >= 11 is 0. The minimum Gasteiger partial charge on any atom is -0.303 e. The number of hydrogen-bond donors (Lipinski definition) is 0. The summed E-state index contributed by atoms with van der Waals surface area (Å²) in [7, 11) is 0. The molecule has 0 aromatic heterocycles. The van der Waals surface area contributed by atoms with E-state index in [1.54, 1.807) is 0 Å². The lowest BCUT2D eigenvalue weighted by Crippen LogP contribution is -1.87. The molecule has 0 fully saturated rings. The third-order valence-corrected chi connectivity index (χ3v) is 2.85. The Morgan fingerprint density at radius 1 is 0.800 bits per heavy atom. The molecule has 1 nitrogen and oxygen atoms in total. The summed E-state index contributed by atoms with van der Waals surface area (Å²) in [5.74, 6) is 0.869. The molecule has 0 rings (SSSR count). The van der Waals surface area contributed by atoms with Crippen molar-refractivity contribution in [3.63, 3.8) is 0 Å². The summed E-state index contributed by atoms with van der Waals surface area (Å²) in [5.41, 5.74) is 0. The largest absolute Gasteiger partial charge is 0.303 e. The van der Waals surface area contributed by atoms with Crippen LogP contribution in [0.4, 0.5) is 0 Å². The van der Waals surface area contributed by atoms with E-state index in [-0.39, 0.29) is 0 Å². The van der Waals surface area contributed by atoms with Gasteiger partial charge in [-0.05, 0) is 12.3 Å². The van der Waals surface area contributed by atoms with E-state index in [1.807, 2.05) is 0 Å². The van der Waals surface area contributed by atoms with Gasteiger partial charge in [0.25, 0.3) is 0 Å². The fraction of sp³-hybridized carbons (Fsp3) is 0.929. The SMILES string of the molecule is CC(C)CCCCCCCCCCC=O. The van der Waals surface area contributed by atoms with Gasteiger partial charge in [-0.15, -0.1) is 0 Å². The van der Waals surface area contributed by atoms with E-state index in [0.717, 1.165) is 25.0 Å². The van der Waals surface area contributed by atoms with Gasteiger partial charge in [0.05, 0.1) is 0 Å². The lowest BCUT2D eigenvalue weighted by atomic mass is 10.0. The number of carbonyl (C=O) groups excluding carboxylic acids is 1. The van der Waals surface area contributed by atoms with Gasteiger partial charge < -0.3 is 4.79 Å². The summed E-state index contributed by atoms with van der Waals surface area (Å²) in [4.78, 5) is 10.1. The number of carbonyl (C=O) groups is 1. The molecule has 0 radical (unpaired) electrons. The summed E-state index contributed by atoms with van der Waals surface area (Å²) in [5, 5.41) is 0. The van der Waals surface area contributed by atoms with Crippen LogP contribution in [0.15, 0.2) is 0 Å². The van der Waals surface area contributed by atoms with Gasteiger partial charge in [-0.25, -0.2) is 0 Å². The minimum atomic E-state index is 0.758. The zero-order chi connectivity index (χ0) is 11.4. The molecule has 0 saturated carbocycles. The van der Waals surface area contributed by atoms with Crippen LogP contribution in [0.2, 0.25) is 0 Å². The Hall–Kier alpha value is -0.330. The van der Waals surface area contributed by atoms with E-state index in [4.69, 9.17) is 0 Å². The van der Waals surface area contributed by atoms with Crippen molar-refractivity contribution >= 4 is 6.29 Å². The molecule has 0 aliphatic heterocycles. The first-order valence-corrected chi connectivity index (χ1v) is 6.71. The van der Waals surface area contributed by atoms with E-state index < -0.39 is 0 Å². The molecule has 0 aromatic carbocycles. The highest BCUT2D eigenvalue weighted by atomic mass is 16.1. The quantitative estimate of drug-likeness (QED) is 0.357. The van der Waals surface area contributed by atoms with Gasteiger partial charge in [0, 0.05) is 6.42 Å². The molecule has 0 aromatic rings. The van der Waals surface area contributed by atoms with Gasteiger partial charge in [-0.3, -0.25) is 0 Å². The second-order valence-corrected chi connectivity index (χ2v) is 4.97. The molecule has 0 unspecified atom stereocenters. The normalized spacial score (nSPS) is 10.9. The molecule has 0 saturated heterocycles. The summed E-state index contributed by atoms with van der Waals surface area (Å²) in [6.07, 6.45) is 13.8. The zero-order valence-corrected chi connectivity index (χ0v) is 10.6. The number of hydrogen-bond acceptors (Lipinski definition) is 1. The maximum Gasteiger partial charge on any atom is 0.119 e. The Labute approximate surface area is 95.6 Å². The van der Waals surface area contributed by atoms with Gasteiger partial charge in [0.15, 0.2) is 0 Å². The molecule has 0 amide bonds. The van der Waals surface area contributed by atoms with Crippen molar-refractivity contribution in [1.29, 1.82) is 0 Å². The van der Waals surface area contributed by atoms with E-state index >= 15 is 0 Å². The molecule has 0 spiro atoms. The average molecular weight is 212 g/mol. The van der Waals surface area contributed by atoms with Crippen molar-refractivity contribution in [2.24, 2.45) is 5.92 Å². The molecule has 0 N–H and O–H groups in total. The molecule has 0 heterocycles. The van der Waals surface area contributed by atoms with E-state index in [9.17, 15) is 4.79 Å². The van der Waals surface area contributed by atoms with Gasteiger partial charge in [-0.2, -0.15) is 0 Å². The topological polar surface area (TPSA) is 17.1 Å². The van der Waals surface area contributed by atoms with Crippen molar-refractivity contribution in [1.82, 2.24) is 0 Å². The van der Waals surface area contributed by atoms with Gasteiger partial charge in [0.1, 0.15) is 6.29 Å². The molecular weight excluding hydrogens is 184 g/mol. The predicted molar refractivity (Wildman–Crippen MR) is 67.1 cm³/mol. The molecule has 0 bridgehead atoms. The van der Waals surface area contributed by atoms with E-state index in [1.165, 1.54) is 51.4 Å². The minimum absolute atomic E-state index is 0.758. The Morgan fingerprint density at radius 2 is 1.27 bits per heavy atom.